The van der Waals surface area contributed by atoms with Gasteiger partial charge in [-0.25, -0.2) is 0 Å². The molecule has 3 atom stereocenters. The highest BCUT2D eigenvalue weighted by Crippen LogP contribution is 2.44. The lowest BCUT2D eigenvalue weighted by Crippen LogP contribution is -2.33. The van der Waals surface area contributed by atoms with E-state index < -0.39 is 11.7 Å². The van der Waals surface area contributed by atoms with Gasteiger partial charge < -0.3 is 5.32 Å². The number of rotatable bonds is 4. The van der Waals surface area contributed by atoms with Crippen LogP contribution in [0, 0.1) is 5.92 Å². The lowest BCUT2D eigenvalue weighted by Gasteiger charge is -2.24. The zero-order chi connectivity index (χ0) is 14.8. The van der Waals surface area contributed by atoms with Crippen LogP contribution in [0.15, 0.2) is 24.3 Å². The van der Waals surface area contributed by atoms with E-state index in [4.69, 9.17) is 0 Å². The first-order chi connectivity index (χ1) is 9.45. The second kappa shape index (κ2) is 6.17. The number of benzene rings is 1. The summed E-state index contributed by atoms with van der Waals surface area (Å²) >= 11 is 0. The Morgan fingerprint density at radius 1 is 1.20 bits per heavy atom. The van der Waals surface area contributed by atoms with Gasteiger partial charge in [0.15, 0.2) is 0 Å². The molecular weight excluding hydrogens is 263 g/mol. The van der Waals surface area contributed by atoms with Crippen molar-refractivity contribution in [2.24, 2.45) is 5.92 Å². The van der Waals surface area contributed by atoms with Gasteiger partial charge in [-0.1, -0.05) is 32.0 Å². The summed E-state index contributed by atoms with van der Waals surface area (Å²) in [5.41, 5.74) is 0.00119. The van der Waals surface area contributed by atoms with Crippen LogP contribution in [0.2, 0.25) is 0 Å². The average Bonchev–Trinajstić information content (AvgIpc) is 2.76. The zero-order valence-electron chi connectivity index (χ0n) is 12.0. The molecule has 0 bridgehead atoms. The zero-order valence-corrected chi connectivity index (χ0v) is 12.0. The van der Waals surface area contributed by atoms with Crippen LogP contribution in [0.1, 0.15) is 50.2 Å². The number of alkyl halides is 3. The highest BCUT2D eigenvalue weighted by atomic mass is 19.4. The maximum absolute atomic E-state index is 13.1. The maximum atomic E-state index is 13.1. The largest absolute Gasteiger partial charge is 0.416 e. The fraction of sp³-hybridized carbons (Fsp3) is 0.625. The number of hydrogen-bond donors (Lipinski definition) is 1. The summed E-state index contributed by atoms with van der Waals surface area (Å²) in [6.07, 6.45) is -1.42. The van der Waals surface area contributed by atoms with Gasteiger partial charge >= 0.3 is 6.18 Å². The minimum absolute atomic E-state index is 0.00202. The summed E-state index contributed by atoms with van der Waals surface area (Å²) in [6.45, 7) is 5.10. The quantitative estimate of drug-likeness (QED) is 0.853. The topological polar surface area (TPSA) is 12.0 Å². The SMILES string of the molecule is CCCNC1CCC(c2ccccc2C(F)(F)F)C1C. The van der Waals surface area contributed by atoms with Gasteiger partial charge in [0.05, 0.1) is 5.56 Å². The number of nitrogens with one attached hydrogen (secondary N) is 1. The minimum atomic E-state index is -4.26. The number of hydrogen-bond acceptors (Lipinski definition) is 1. The predicted octanol–water partition coefficient (Wildman–Crippen LogP) is 4.59. The van der Waals surface area contributed by atoms with Crippen molar-refractivity contribution < 1.29 is 13.2 Å². The molecule has 112 valence electrons. The first-order valence-electron chi connectivity index (χ1n) is 7.34. The molecule has 1 aromatic carbocycles. The molecule has 0 amide bonds. The second-order valence-corrected chi connectivity index (χ2v) is 5.69. The molecule has 1 fully saturated rings. The van der Waals surface area contributed by atoms with Crippen LogP contribution in [0.3, 0.4) is 0 Å². The van der Waals surface area contributed by atoms with Gasteiger partial charge in [0.1, 0.15) is 0 Å². The third kappa shape index (κ3) is 3.17. The molecule has 1 nitrogen and oxygen atoms in total. The van der Waals surface area contributed by atoms with Crippen molar-refractivity contribution in [1.82, 2.24) is 5.32 Å². The van der Waals surface area contributed by atoms with Gasteiger partial charge in [0, 0.05) is 6.04 Å². The Labute approximate surface area is 118 Å². The van der Waals surface area contributed by atoms with Crippen LogP contribution in [0.25, 0.3) is 0 Å². The van der Waals surface area contributed by atoms with Crippen LogP contribution in [-0.2, 0) is 6.18 Å². The Bertz CT molecular complexity index is 442. The van der Waals surface area contributed by atoms with E-state index in [0.717, 1.165) is 25.8 Å². The van der Waals surface area contributed by atoms with Gasteiger partial charge in [-0.2, -0.15) is 13.2 Å². The van der Waals surface area contributed by atoms with E-state index in [9.17, 15) is 13.2 Å². The standard InChI is InChI=1S/C16H22F3N/c1-3-10-20-15-9-8-12(11(15)2)13-6-4-5-7-14(13)16(17,18)19/h4-7,11-12,15,20H,3,8-10H2,1-2H3. The smallest absolute Gasteiger partial charge is 0.314 e. The molecule has 0 aromatic heterocycles. The van der Waals surface area contributed by atoms with Crippen LogP contribution in [0.5, 0.6) is 0 Å². The molecule has 0 saturated heterocycles. The molecule has 1 aromatic rings. The molecule has 1 aliphatic carbocycles. The van der Waals surface area contributed by atoms with Gasteiger partial charge in [0.25, 0.3) is 0 Å². The third-order valence-electron chi connectivity index (χ3n) is 4.38. The fourth-order valence-corrected chi connectivity index (χ4v) is 3.30. The van der Waals surface area contributed by atoms with Crippen LogP contribution < -0.4 is 5.32 Å². The molecule has 0 spiro atoms. The van der Waals surface area contributed by atoms with Crippen molar-refractivity contribution in [3.8, 4) is 0 Å². The summed E-state index contributed by atoms with van der Waals surface area (Å²) < 4.78 is 39.3. The summed E-state index contributed by atoms with van der Waals surface area (Å²) in [5, 5.41) is 3.46. The average molecular weight is 285 g/mol. The molecular formula is C16H22F3N. The molecule has 1 N–H and O–H groups in total. The van der Waals surface area contributed by atoms with Crippen molar-refractivity contribution in [1.29, 1.82) is 0 Å². The summed E-state index contributed by atoms with van der Waals surface area (Å²) in [5.74, 6) is 0.243. The van der Waals surface area contributed by atoms with E-state index in [1.165, 1.54) is 12.1 Å². The van der Waals surface area contributed by atoms with Gasteiger partial charge in [-0.15, -0.1) is 0 Å². The van der Waals surface area contributed by atoms with Crippen LogP contribution in [0.4, 0.5) is 13.2 Å². The highest BCUT2D eigenvalue weighted by Gasteiger charge is 2.39. The van der Waals surface area contributed by atoms with Crippen molar-refractivity contribution in [3.63, 3.8) is 0 Å². The Balaban J connectivity index is 2.21. The minimum Gasteiger partial charge on any atom is -0.314 e. The maximum Gasteiger partial charge on any atom is 0.416 e. The van der Waals surface area contributed by atoms with Gasteiger partial charge in [-0.3, -0.25) is 0 Å². The molecule has 1 saturated carbocycles. The normalized spacial score (nSPS) is 26.9. The Hall–Kier alpha value is -1.03. The lowest BCUT2D eigenvalue weighted by molar-refractivity contribution is -0.138. The van der Waals surface area contributed by atoms with Crippen molar-refractivity contribution in [2.75, 3.05) is 6.54 Å². The van der Waals surface area contributed by atoms with Gasteiger partial charge in [0.2, 0.25) is 0 Å². The van der Waals surface area contributed by atoms with E-state index in [1.807, 2.05) is 0 Å². The summed E-state index contributed by atoms with van der Waals surface area (Å²) in [4.78, 5) is 0. The monoisotopic (exact) mass is 285 g/mol. The van der Waals surface area contributed by atoms with Crippen molar-refractivity contribution in [2.45, 2.75) is 51.2 Å². The van der Waals surface area contributed by atoms with Crippen LogP contribution >= 0.6 is 0 Å². The first-order valence-corrected chi connectivity index (χ1v) is 7.34. The molecule has 0 radical (unpaired) electrons. The van der Waals surface area contributed by atoms with Gasteiger partial charge in [-0.05, 0) is 49.3 Å². The molecule has 20 heavy (non-hydrogen) atoms. The second-order valence-electron chi connectivity index (χ2n) is 5.69. The van der Waals surface area contributed by atoms with E-state index in [2.05, 4.69) is 19.2 Å². The molecule has 4 heteroatoms. The predicted molar refractivity (Wildman–Crippen MR) is 74.7 cm³/mol. The van der Waals surface area contributed by atoms with E-state index in [1.54, 1.807) is 12.1 Å². The number of halogens is 3. The van der Waals surface area contributed by atoms with E-state index in [-0.39, 0.29) is 11.8 Å². The molecule has 3 unspecified atom stereocenters. The lowest BCUT2D eigenvalue weighted by atomic mass is 9.86. The molecule has 2 rings (SSSR count). The van der Waals surface area contributed by atoms with E-state index in [0.29, 0.717) is 11.6 Å². The Morgan fingerprint density at radius 3 is 2.55 bits per heavy atom. The Kier molecular flexibility index (Phi) is 4.74. The third-order valence-corrected chi connectivity index (χ3v) is 4.38. The highest BCUT2D eigenvalue weighted by molar-refractivity contribution is 5.34. The Morgan fingerprint density at radius 2 is 1.90 bits per heavy atom. The summed E-state index contributed by atoms with van der Waals surface area (Å²) in [7, 11) is 0. The van der Waals surface area contributed by atoms with Crippen molar-refractivity contribution >= 4 is 0 Å². The molecule has 0 heterocycles. The summed E-state index contributed by atoms with van der Waals surface area (Å²) in [6, 6.07) is 6.37. The fourth-order valence-electron chi connectivity index (χ4n) is 3.30. The van der Waals surface area contributed by atoms with Crippen LogP contribution in [-0.4, -0.2) is 12.6 Å². The molecule has 0 aliphatic heterocycles. The molecule has 1 aliphatic rings. The van der Waals surface area contributed by atoms with E-state index >= 15 is 0 Å². The van der Waals surface area contributed by atoms with Crippen molar-refractivity contribution in [3.05, 3.63) is 35.4 Å². The first kappa shape index (κ1) is 15.4.